The summed E-state index contributed by atoms with van der Waals surface area (Å²) in [5, 5.41) is 0.612. The number of halogens is 3. The quantitative estimate of drug-likeness (QED) is 0.300. The van der Waals surface area contributed by atoms with Crippen molar-refractivity contribution in [1.82, 2.24) is 14.5 Å². The van der Waals surface area contributed by atoms with Crippen LogP contribution in [0.3, 0.4) is 0 Å². The Morgan fingerprint density at radius 1 is 1.00 bits per heavy atom. The van der Waals surface area contributed by atoms with E-state index < -0.39 is 11.6 Å². The Kier molecular flexibility index (Phi) is 6.27. The van der Waals surface area contributed by atoms with Crippen molar-refractivity contribution in [3.05, 3.63) is 77.5 Å². The third-order valence-electron chi connectivity index (χ3n) is 6.40. The van der Waals surface area contributed by atoms with E-state index in [1.54, 1.807) is 18.3 Å². The second-order valence-electron chi connectivity index (χ2n) is 8.51. The zero-order valence-corrected chi connectivity index (χ0v) is 18.8. The van der Waals surface area contributed by atoms with Crippen molar-refractivity contribution in [1.29, 1.82) is 0 Å². The van der Waals surface area contributed by atoms with Crippen LogP contribution in [0.4, 0.5) is 8.78 Å². The first-order chi connectivity index (χ1) is 16.1. The highest BCUT2D eigenvalue weighted by atomic mass is 35.5. The highest BCUT2D eigenvalue weighted by molar-refractivity contribution is 6.30. The fraction of sp³-hybridized carbons (Fsp3) is 0.308. The monoisotopic (exact) mass is 467 g/mol. The van der Waals surface area contributed by atoms with Crippen LogP contribution in [0, 0.1) is 17.6 Å². The summed E-state index contributed by atoms with van der Waals surface area (Å²) < 4.78 is 36.6. The van der Waals surface area contributed by atoms with Crippen molar-refractivity contribution in [2.75, 3.05) is 6.61 Å². The first-order valence-corrected chi connectivity index (χ1v) is 11.6. The lowest BCUT2D eigenvalue weighted by molar-refractivity contribution is 0.166. The van der Waals surface area contributed by atoms with Crippen molar-refractivity contribution in [3.8, 4) is 17.3 Å². The van der Waals surface area contributed by atoms with Gasteiger partial charge in [-0.05, 0) is 49.1 Å². The largest absolute Gasteiger partial charge is 0.475 e. The van der Waals surface area contributed by atoms with Crippen LogP contribution in [-0.4, -0.2) is 21.1 Å². The Labute approximate surface area is 196 Å². The lowest BCUT2D eigenvalue weighted by Gasteiger charge is -2.32. The van der Waals surface area contributed by atoms with Gasteiger partial charge in [0.15, 0.2) is 11.6 Å². The van der Waals surface area contributed by atoms with E-state index in [4.69, 9.17) is 21.3 Å². The summed E-state index contributed by atoms with van der Waals surface area (Å²) in [7, 11) is 0. The first-order valence-electron chi connectivity index (χ1n) is 11.3. The van der Waals surface area contributed by atoms with Crippen LogP contribution in [0.2, 0.25) is 5.02 Å². The zero-order chi connectivity index (χ0) is 22.8. The van der Waals surface area contributed by atoms with Crippen LogP contribution >= 0.6 is 11.6 Å². The number of pyridine rings is 1. The van der Waals surface area contributed by atoms with Crippen molar-refractivity contribution in [2.24, 2.45) is 5.92 Å². The molecule has 2 aromatic carbocycles. The third-order valence-corrected chi connectivity index (χ3v) is 6.65. The molecule has 1 fully saturated rings. The third kappa shape index (κ3) is 4.58. The molecule has 1 unspecified atom stereocenters. The molecule has 1 aliphatic rings. The van der Waals surface area contributed by atoms with E-state index in [9.17, 15) is 8.78 Å². The molecule has 170 valence electrons. The maximum Gasteiger partial charge on any atom is 0.213 e. The molecule has 0 amide bonds. The Bertz CT molecular complexity index is 1240. The molecule has 7 heteroatoms. The second-order valence-corrected chi connectivity index (χ2v) is 8.95. The molecule has 4 nitrogen and oxygen atoms in total. The summed E-state index contributed by atoms with van der Waals surface area (Å²) in [6.45, 7) is 0.354. The topological polar surface area (TPSA) is 39.9 Å². The summed E-state index contributed by atoms with van der Waals surface area (Å²) >= 11 is 6.11. The van der Waals surface area contributed by atoms with Gasteiger partial charge >= 0.3 is 0 Å². The van der Waals surface area contributed by atoms with Crippen molar-refractivity contribution in [3.63, 3.8) is 0 Å². The van der Waals surface area contributed by atoms with E-state index in [1.165, 1.54) is 12.5 Å². The molecule has 4 aromatic rings. The van der Waals surface area contributed by atoms with Gasteiger partial charge in [0.05, 0.1) is 17.1 Å². The molecule has 0 N–H and O–H groups in total. The lowest BCUT2D eigenvalue weighted by Crippen LogP contribution is -2.28. The van der Waals surface area contributed by atoms with Crippen LogP contribution in [0.5, 0.6) is 5.88 Å². The van der Waals surface area contributed by atoms with Gasteiger partial charge in [-0.1, -0.05) is 36.9 Å². The highest BCUT2D eigenvalue weighted by Crippen LogP contribution is 2.39. The van der Waals surface area contributed by atoms with Crippen LogP contribution in [0.25, 0.3) is 22.4 Å². The number of nitrogens with zero attached hydrogens (tertiary/aromatic N) is 3. The molecule has 0 saturated heterocycles. The van der Waals surface area contributed by atoms with Crippen molar-refractivity contribution < 1.29 is 13.5 Å². The van der Waals surface area contributed by atoms with Crippen molar-refractivity contribution in [2.45, 2.75) is 38.1 Å². The number of rotatable bonds is 6. The molecule has 5 rings (SSSR count). The van der Waals surface area contributed by atoms with Gasteiger partial charge < -0.3 is 9.30 Å². The minimum Gasteiger partial charge on any atom is -0.475 e. The van der Waals surface area contributed by atoms with Crippen LogP contribution in [-0.2, 0) is 0 Å². The van der Waals surface area contributed by atoms with E-state index in [0.29, 0.717) is 40.3 Å². The predicted octanol–water partition coefficient (Wildman–Crippen LogP) is 7.23. The molecular weight excluding hydrogens is 444 g/mol. The zero-order valence-electron chi connectivity index (χ0n) is 18.1. The van der Waals surface area contributed by atoms with E-state index in [-0.39, 0.29) is 6.04 Å². The maximum absolute atomic E-state index is 14.4. The molecule has 0 spiro atoms. The van der Waals surface area contributed by atoms with Gasteiger partial charge in [-0.2, -0.15) is 0 Å². The molecule has 33 heavy (non-hydrogen) atoms. The maximum atomic E-state index is 14.4. The Balaban J connectivity index is 1.65. The Hall–Kier alpha value is -2.99. The van der Waals surface area contributed by atoms with Crippen LogP contribution in [0.15, 0.2) is 60.8 Å². The summed E-state index contributed by atoms with van der Waals surface area (Å²) in [5.74, 6) is -0.299. The fourth-order valence-corrected chi connectivity index (χ4v) is 4.90. The minimum atomic E-state index is -0.909. The first kappa shape index (κ1) is 21.8. The van der Waals surface area contributed by atoms with Gasteiger partial charge in [-0.3, -0.25) is 0 Å². The molecule has 0 aliphatic heterocycles. The Morgan fingerprint density at radius 3 is 2.48 bits per heavy atom. The molecule has 1 aliphatic carbocycles. The smallest absolute Gasteiger partial charge is 0.213 e. The van der Waals surface area contributed by atoms with Gasteiger partial charge in [-0.25, -0.2) is 18.7 Å². The SMILES string of the molecule is Fc1cc2nc(-c3ccc(Cl)cc3)n(C(COc3ccccn3)C3CCCCC3)c2cc1F. The molecule has 0 radical (unpaired) electrons. The number of hydrogen-bond donors (Lipinski definition) is 0. The molecular formula is C26H24ClF2N3O. The summed E-state index contributed by atoms with van der Waals surface area (Å²) in [6.07, 6.45) is 7.25. The average molecular weight is 468 g/mol. The number of hydrogen-bond acceptors (Lipinski definition) is 3. The van der Waals surface area contributed by atoms with Gasteiger partial charge in [0.2, 0.25) is 5.88 Å². The van der Waals surface area contributed by atoms with E-state index >= 15 is 0 Å². The number of aromatic nitrogens is 3. The fourth-order valence-electron chi connectivity index (χ4n) is 4.77. The number of imidazole rings is 1. The molecule has 1 atom stereocenters. The van der Waals surface area contributed by atoms with Gasteiger partial charge in [0, 0.05) is 35.0 Å². The normalized spacial score (nSPS) is 15.6. The highest BCUT2D eigenvalue weighted by Gasteiger charge is 2.30. The van der Waals surface area contributed by atoms with Crippen molar-refractivity contribution >= 4 is 22.6 Å². The van der Waals surface area contributed by atoms with E-state index in [0.717, 1.165) is 37.3 Å². The molecule has 2 heterocycles. The van der Waals surface area contributed by atoms with Gasteiger partial charge in [0.1, 0.15) is 12.4 Å². The summed E-state index contributed by atoms with van der Waals surface area (Å²) in [5.41, 5.74) is 1.80. The van der Waals surface area contributed by atoms with Crippen LogP contribution in [0.1, 0.15) is 38.1 Å². The van der Waals surface area contributed by atoms with Crippen LogP contribution < -0.4 is 4.74 Å². The average Bonchev–Trinajstić information content (AvgIpc) is 3.19. The number of ether oxygens (including phenoxy) is 1. The Morgan fingerprint density at radius 2 is 1.76 bits per heavy atom. The lowest BCUT2D eigenvalue weighted by atomic mass is 9.83. The van der Waals surface area contributed by atoms with E-state index in [1.807, 2.05) is 34.9 Å². The molecule has 0 bridgehead atoms. The number of fused-ring (bicyclic) bond motifs is 1. The second kappa shape index (κ2) is 9.48. The van der Waals surface area contributed by atoms with Gasteiger partial charge in [-0.15, -0.1) is 0 Å². The molecule has 1 saturated carbocycles. The summed E-state index contributed by atoms with van der Waals surface area (Å²) in [6, 6.07) is 15.2. The molecule has 2 aromatic heterocycles. The van der Waals surface area contributed by atoms with E-state index in [2.05, 4.69) is 4.98 Å². The number of benzene rings is 2. The standard InChI is InChI=1S/C26H24ClF2N3O/c27-19-11-9-18(10-12-19)26-31-22-14-20(28)21(29)15-23(22)32(26)24(17-6-2-1-3-7-17)16-33-25-8-4-5-13-30-25/h4-5,8-15,17,24H,1-3,6-7,16H2. The van der Waals surface area contributed by atoms with Gasteiger partial charge in [0.25, 0.3) is 0 Å². The summed E-state index contributed by atoms with van der Waals surface area (Å²) in [4.78, 5) is 9.01. The minimum absolute atomic E-state index is 0.118. The predicted molar refractivity (Wildman–Crippen MR) is 125 cm³/mol.